The van der Waals surface area contributed by atoms with Gasteiger partial charge < -0.3 is 9.47 Å². The third-order valence-corrected chi connectivity index (χ3v) is 3.24. The number of ether oxygens (including phenoxy) is 2. The topological polar surface area (TPSA) is 53.3 Å². The maximum atomic E-state index is 11.6. The lowest BCUT2D eigenvalue weighted by atomic mass is 10.1. The van der Waals surface area contributed by atoms with Gasteiger partial charge in [-0.1, -0.05) is 0 Å². The van der Waals surface area contributed by atoms with Gasteiger partial charge in [-0.15, -0.1) is 0 Å². The molecule has 1 saturated carbocycles. The second-order valence-electron chi connectivity index (χ2n) is 4.53. The number of hydrogen-bond donors (Lipinski definition) is 0. The van der Waals surface area contributed by atoms with Gasteiger partial charge in [-0.3, -0.25) is 0 Å². The lowest BCUT2D eigenvalue weighted by Crippen LogP contribution is -2.27. The maximum absolute atomic E-state index is 11.6. The zero-order valence-corrected chi connectivity index (χ0v) is 9.23. The van der Waals surface area contributed by atoms with Crippen LogP contribution in [-0.4, -0.2) is 29.0 Å². The first kappa shape index (κ1) is 9.69. The molecule has 0 N–H and O–H groups in total. The van der Waals surface area contributed by atoms with Gasteiger partial charge in [0.25, 0.3) is 0 Å². The molecule has 1 aliphatic heterocycles. The Balaban J connectivity index is 1.87. The van der Waals surface area contributed by atoms with Gasteiger partial charge in [-0.2, -0.15) is 5.10 Å². The van der Waals surface area contributed by atoms with Gasteiger partial charge in [-0.25, -0.2) is 9.48 Å². The molecule has 0 radical (unpaired) electrons. The van der Waals surface area contributed by atoms with Gasteiger partial charge in [-0.05, 0) is 19.8 Å². The van der Waals surface area contributed by atoms with Crippen molar-refractivity contribution in [2.45, 2.75) is 26.3 Å². The van der Waals surface area contributed by atoms with Crippen molar-refractivity contribution in [2.24, 2.45) is 5.41 Å². The quantitative estimate of drug-likeness (QED) is 0.706. The van der Waals surface area contributed by atoms with E-state index in [1.54, 1.807) is 11.6 Å². The van der Waals surface area contributed by atoms with E-state index in [-0.39, 0.29) is 5.97 Å². The first-order chi connectivity index (χ1) is 7.74. The molecule has 16 heavy (non-hydrogen) atoms. The summed E-state index contributed by atoms with van der Waals surface area (Å²) in [5.41, 5.74) is 0.739. The molecular formula is C11H14N2O3. The van der Waals surface area contributed by atoms with Crippen LogP contribution in [0.25, 0.3) is 0 Å². The van der Waals surface area contributed by atoms with E-state index in [2.05, 4.69) is 5.10 Å². The normalized spacial score (nSPS) is 20.1. The van der Waals surface area contributed by atoms with Crippen LogP contribution >= 0.6 is 0 Å². The van der Waals surface area contributed by atoms with Crippen LogP contribution in [-0.2, 0) is 11.3 Å². The summed E-state index contributed by atoms with van der Waals surface area (Å²) in [6.07, 6.45) is 3.93. The van der Waals surface area contributed by atoms with Crippen LogP contribution in [0.1, 0.15) is 30.1 Å². The Kier molecular flexibility index (Phi) is 1.96. The largest absolute Gasteiger partial charge is 0.477 e. The van der Waals surface area contributed by atoms with Crippen molar-refractivity contribution in [3.63, 3.8) is 0 Å². The van der Waals surface area contributed by atoms with Gasteiger partial charge in [0, 0.05) is 5.41 Å². The Labute approximate surface area is 93.3 Å². The summed E-state index contributed by atoms with van der Waals surface area (Å²) < 4.78 is 12.4. The molecule has 1 spiro atoms. The fraction of sp³-hybridized carbons (Fsp3) is 0.636. The van der Waals surface area contributed by atoms with Crippen molar-refractivity contribution in [3.05, 3.63) is 11.8 Å². The SMILES string of the molecule is CCOC(=O)c1cnn2c1OCC1(CC1)C2. The smallest absolute Gasteiger partial charge is 0.345 e. The van der Waals surface area contributed by atoms with E-state index in [0.29, 0.717) is 30.1 Å². The van der Waals surface area contributed by atoms with Gasteiger partial charge in [0.2, 0.25) is 5.88 Å². The van der Waals surface area contributed by atoms with E-state index in [1.165, 1.54) is 19.0 Å². The number of esters is 1. The molecule has 0 saturated heterocycles. The van der Waals surface area contributed by atoms with Gasteiger partial charge in [0.1, 0.15) is 5.56 Å². The molecule has 0 bridgehead atoms. The molecule has 0 unspecified atom stereocenters. The predicted octanol–water partition coefficient (Wildman–Crippen LogP) is 1.23. The minimum Gasteiger partial charge on any atom is -0.477 e. The van der Waals surface area contributed by atoms with Crippen molar-refractivity contribution in [3.8, 4) is 5.88 Å². The lowest BCUT2D eigenvalue weighted by molar-refractivity contribution is 0.0515. The number of carbonyl (C=O) groups excluding carboxylic acids is 1. The molecule has 2 aliphatic rings. The van der Waals surface area contributed by atoms with Crippen LogP contribution in [0.5, 0.6) is 5.88 Å². The molecule has 1 aromatic heterocycles. The molecule has 0 amide bonds. The first-order valence-corrected chi connectivity index (χ1v) is 5.60. The molecule has 3 rings (SSSR count). The first-order valence-electron chi connectivity index (χ1n) is 5.60. The monoisotopic (exact) mass is 222 g/mol. The van der Waals surface area contributed by atoms with Crippen LogP contribution in [0.3, 0.4) is 0 Å². The molecule has 1 aromatic rings. The standard InChI is InChI=1S/C11H14N2O3/c1-2-15-10(14)8-5-12-13-6-11(3-4-11)7-16-9(8)13/h5H,2-4,6-7H2,1H3. The molecule has 86 valence electrons. The van der Waals surface area contributed by atoms with Crippen LogP contribution in [0, 0.1) is 5.41 Å². The summed E-state index contributed by atoms with van der Waals surface area (Å²) in [6.45, 7) is 3.72. The molecule has 5 nitrogen and oxygen atoms in total. The Bertz CT molecular complexity index is 434. The number of hydrogen-bond acceptors (Lipinski definition) is 4. The molecule has 0 aromatic carbocycles. The van der Waals surface area contributed by atoms with Crippen molar-refractivity contribution < 1.29 is 14.3 Å². The molecular weight excluding hydrogens is 208 g/mol. The summed E-state index contributed by atoms with van der Waals surface area (Å²) in [5, 5.41) is 4.19. The van der Waals surface area contributed by atoms with Crippen molar-refractivity contribution in [2.75, 3.05) is 13.2 Å². The van der Waals surface area contributed by atoms with Gasteiger partial charge in [0.05, 0.1) is 26.0 Å². The Hall–Kier alpha value is -1.52. The highest BCUT2D eigenvalue weighted by Crippen LogP contribution is 2.50. The van der Waals surface area contributed by atoms with Crippen molar-refractivity contribution in [1.82, 2.24) is 9.78 Å². The second kappa shape index (κ2) is 3.23. The molecule has 5 heteroatoms. The van der Waals surface area contributed by atoms with Gasteiger partial charge in [0.15, 0.2) is 0 Å². The highest BCUT2D eigenvalue weighted by atomic mass is 16.5. The van der Waals surface area contributed by atoms with E-state index < -0.39 is 0 Å². The number of nitrogens with zero attached hydrogens (tertiary/aromatic N) is 2. The number of fused-ring (bicyclic) bond motifs is 1. The van der Waals surface area contributed by atoms with E-state index in [1.807, 2.05) is 0 Å². The average Bonchev–Trinajstić information content (AvgIpc) is 2.89. The molecule has 1 fully saturated rings. The summed E-state index contributed by atoms with van der Waals surface area (Å²) in [6, 6.07) is 0. The Morgan fingerprint density at radius 3 is 3.19 bits per heavy atom. The Morgan fingerprint density at radius 2 is 2.50 bits per heavy atom. The summed E-state index contributed by atoms with van der Waals surface area (Å²) in [5.74, 6) is 0.214. The summed E-state index contributed by atoms with van der Waals surface area (Å²) in [4.78, 5) is 11.6. The van der Waals surface area contributed by atoms with Gasteiger partial charge >= 0.3 is 5.97 Å². The predicted molar refractivity (Wildman–Crippen MR) is 55.3 cm³/mol. The van der Waals surface area contributed by atoms with Crippen molar-refractivity contribution >= 4 is 5.97 Å². The molecule has 1 aliphatic carbocycles. The third kappa shape index (κ3) is 1.38. The fourth-order valence-electron chi connectivity index (χ4n) is 2.05. The lowest BCUT2D eigenvalue weighted by Gasteiger charge is -2.23. The highest BCUT2D eigenvalue weighted by Gasteiger charge is 2.47. The average molecular weight is 222 g/mol. The molecule has 2 heterocycles. The third-order valence-electron chi connectivity index (χ3n) is 3.24. The Morgan fingerprint density at radius 1 is 1.69 bits per heavy atom. The highest BCUT2D eigenvalue weighted by molar-refractivity contribution is 5.91. The van der Waals surface area contributed by atoms with E-state index in [0.717, 1.165) is 6.54 Å². The fourth-order valence-corrected chi connectivity index (χ4v) is 2.05. The van der Waals surface area contributed by atoms with Crippen LogP contribution in [0.4, 0.5) is 0 Å². The molecule has 0 atom stereocenters. The zero-order valence-electron chi connectivity index (χ0n) is 9.23. The van der Waals surface area contributed by atoms with E-state index in [9.17, 15) is 4.79 Å². The summed E-state index contributed by atoms with van der Waals surface area (Å²) >= 11 is 0. The van der Waals surface area contributed by atoms with Crippen LogP contribution < -0.4 is 4.74 Å². The van der Waals surface area contributed by atoms with Crippen LogP contribution in [0.2, 0.25) is 0 Å². The second-order valence-corrected chi connectivity index (χ2v) is 4.53. The van der Waals surface area contributed by atoms with Crippen molar-refractivity contribution in [1.29, 1.82) is 0 Å². The summed E-state index contributed by atoms with van der Waals surface area (Å²) in [7, 11) is 0. The van der Waals surface area contributed by atoms with E-state index in [4.69, 9.17) is 9.47 Å². The minimum absolute atomic E-state index is 0.297. The number of rotatable bonds is 2. The zero-order chi connectivity index (χ0) is 11.2. The van der Waals surface area contributed by atoms with E-state index >= 15 is 0 Å². The maximum Gasteiger partial charge on any atom is 0.345 e. The number of aromatic nitrogens is 2. The van der Waals surface area contributed by atoms with Crippen LogP contribution in [0.15, 0.2) is 6.20 Å². The number of carbonyl (C=O) groups is 1. The minimum atomic E-state index is -0.351.